The Balaban J connectivity index is 1.82. The molecule has 0 aromatic carbocycles. The minimum absolute atomic E-state index is 0.249. The standard InChI is InChI=1S/C16H21NOS/c1-11(10-13-7-6-12(2)19-13)17-9-8-14-15(17)4-3-5-16(14)18/h6-9,11,16,18H,3-5,10H2,1-2H3. The zero-order valence-corrected chi connectivity index (χ0v) is 12.4. The lowest BCUT2D eigenvalue weighted by molar-refractivity contribution is 0.155. The molecule has 0 saturated carbocycles. The highest BCUT2D eigenvalue weighted by molar-refractivity contribution is 7.11. The Morgan fingerprint density at radius 2 is 2.26 bits per heavy atom. The summed E-state index contributed by atoms with van der Waals surface area (Å²) in [4.78, 5) is 2.83. The summed E-state index contributed by atoms with van der Waals surface area (Å²) >= 11 is 1.89. The molecule has 2 nitrogen and oxygen atoms in total. The molecular formula is C16H21NOS. The Morgan fingerprint density at radius 1 is 1.42 bits per heavy atom. The first kappa shape index (κ1) is 12.9. The number of nitrogens with zero attached hydrogens (tertiary/aromatic N) is 1. The van der Waals surface area contributed by atoms with Crippen LogP contribution in [0.2, 0.25) is 0 Å². The van der Waals surface area contributed by atoms with Gasteiger partial charge in [0.1, 0.15) is 0 Å². The number of hydrogen-bond acceptors (Lipinski definition) is 2. The normalized spacial score (nSPS) is 20.3. The van der Waals surface area contributed by atoms with E-state index < -0.39 is 0 Å². The highest BCUT2D eigenvalue weighted by Crippen LogP contribution is 2.33. The van der Waals surface area contributed by atoms with E-state index in [1.54, 1.807) is 0 Å². The zero-order valence-electron chi connectivity index (χ0n) is 11.6. The van der Waals surface area contributed by atoms with E-state index in [9.17, 15) is 5.11 Å². The van der Waals surface area contributed by atoms with Crippen LogP contribution in [0.5, 0.6) is 0 Å². The number of hydrogen-bond donors (Lipinski definition) is 1. The van der Waals surface area contributed by atoms with Crippen LogP contribution in [0.15, 0.2) is 24.4 Å². The average Bonchev–Trinajstić information content (AvgIpc) is 2.96. The lowest BCUT2D eigenvalue weighted by Gasteiger charge is -2.23. The van der Waals surface area contributed by atoms with E-state index in [4.69, 9.17) is 0 Å². The van der Waals surface area contributed by atoms with Crippen molar-refractivity contribution in [2.75, 3.05) is 0 Å². The van der Waals surface area contributed by atoms with Crippen molar-refractivity contribution in [3.8, 4) is 0 Å². The largest absolute Gasteiger partial charge is 0.388 e. The molecule has 2 unspecified atom stereocenters. The number of thiophene rings is 1. The first-order chi connectivity index (χ1) is 9.15. The van der Waals surface area contributed by atoms with Crippen molar-refractivity contribution in [3.05, 3.63) is 45.4 Å². The van der Waals surface area contributed by atoms with Gasteiger partial charge in [0.2, 0.25) is 0 Å². The molecule has 0 fully saturated rings. The van der Waals surface area contributed by atoms with Crippen LogP contribution in [0.3, 0.4) is 0 Å². The van der Waals surface area contributed by atoms with Crippen molar-refractivity contribution in [1.29, 1.82) is 0 Å². The molecule has 0 radical (unpaired) electrons. The number of rotatable bonds is 3. The fourth-order valence-corrected chi connectivity index (χ4v) is 4.10. The van der Waals surface area contributed by atoms with Crippen molar-refractivity contribution in [2.45, 2.75) is 51.7 Å². The minimum Gasteiger partial charge on any atom is -0.388 e. The summed E-state index contributed by atoms with van der Waals surface area (Å²) in [7, 11) is 0. The lowest BCUT2D eigenvalue weighted by atomic mass is 9.95. The van der Waals surface area contributed by atoms with Crippen molar-refractivity contribution in [2.24, 2.45) is 0 Å². The van der Waals surface area contributed by atoms with E-state index in [1.165, 1.54) is 15.4 Å². The zero-order chi connectivity index (χ0) is 13.4. The van der Waals surface area contributed by atoms with E-state index in [-0.39, 0.29) is 6.10 Å². The van der Waals surface area contributed by atoms with Gasteiger partial charge in [0.05, 0.1) is 6.10 Å². The van der Waals surface area contributed by atoms with Gasteiger partial charge in [0.25, 0.3) is 0 Å². The second-order valence-electron chi connectivity index (χ2n) is 5.60. The first-order valence-corrected chi connectivity index (χ1v) is 7.90. The molecule has 1 aliphatic rings. The van der Waals surface area contributed by atoms with Gasteiger partial charge in [-0.3, -0.25) is 0 Å². The highest BCUT2D eigenvalue weighted by atomic mass is 32.1. The van der Waals surface area contributed by atoms with E-state index in [2.05, 4.69) is 42.8 Å². The molecule has 0 aliphatic heterocycles. The van der Waals surface area contributed by atoms with Crippen LogP contribution in [-0.4, -0.2) is 9.67 Å². The third-order valence-electron chi connectivity index (χ3n) is 4.08. The summed E-state index contributed by atoms with van der Waals surface area (Å²) in [6.07, 6.45) is 6.10. The molecule has 3 heteroatoms. The second-order valence-corrected chi connectivity index (χ2v) is 6.97. The van der Waals surface area contributed by atoms with Gasteiger partial charge in [-0.15, -0.1) is 11.3 Å². The molecule has 1 N–H and O–H groups in total. The summed E-state index contributed by atoms with van der Waals surface area (Å²) in [5.74, 6) is 0. The molecule has 2 heterocycles. The number of aliphatic hydroxyl groups excluding tert-OH is 1. The van der Waals surface area contributed by atoms with E-state index >= 15 is 0 Å². The van der Waals surface area contributed by atoms with E-state index in [0.717, 1.165) is 31.2 Å². The maximum absolute atomic E-state index is 10.0. The SMILES string of the molecule is Cc1ccc(CC(C)n2ccc3c2CCCC3O)s1. The van der Waals surface area contributed by atoms with Gasteiger partial charge in [-0.25, -0.2) is 0 Å². The number of fused-ring (bicyclic) bond motifs is 1. The summed E-state index contributed by atoms with van der Waals surface area (Å²) in [6, 6.07) is 7.00. The van der Waals surface area contributed by atoms with Crippen molar-refractivity contribution in [3.63, 3.8) is 0 Å². The van der Waals surface area contributed by atoms with Crippen LogP contribution in [-0.2, 0) is 12.8 Å². The summed E-state index contributed by atoms with van der Waals surface area (Å²) < 4.78 is 2.37. The predicted molar refractivity (Wildman–Crippen MR) is 79.8 cm³/mol. The number of aliphatic hydroxyl groups is 1. The van der Waals surface area contributed by atoms with Crippen LogP contribution in [0.1, 0.15) is 52.9 Å². The van der Waals surface area contributed by atoms with Crippen molar-refractivity contribution in [1.82, 2.24) is 4.57 Å². The van der Waals surface area contributed by atoms with Gasteiger partial charge in [-0.2, -0.15) is 0 Å². The van der Waals surface area contributed by atoms with Gasteiger partial charge >= 0.3 is 0 Å². The topological polar surface area (TPSA) is 25.2 Å². The molecule has 2 atom stereocenters. The Hall–Kier alpha value is -1.06. The second kappa shape index (κ2) is 5.14. The Kier molecular flexibility index (Phi) is 3.50. The summed E-state index contributed by atoms with van der Waals surface area (Å²) in [6.45, 7) is 4.43. The number of aryl methyl sites for hydroxylation is 1. The third-order valence-corrected chi connectivity index (χ3v) is 5.10. The van der Waals surface area contributed by atoms with Gasteiger partial charge in [0, 0.05) is 39.7 Å². The van der Waals surface area contributed by atoms with Gasteiger partial charge in [-0.05, 0) is 51.3 Å². The lowest BCUT2D eigenvalue weighted by Crippen LogP contribution is -2.15. The number of aromatic nitrogens is 1. The summed E-state index contributed by atoms with van der Waals surface area (Å²) in [5, 5.41) is 10.0. The monoisotopic (exact) mass is 275 g/mol. The van der Waals surface area contributed by atoms with Crippen LogP contribution in [0, 0.1) is 6.92 Å². The molecule has 102 valence electrons. The molecule has 0 bridgehead atoms. The molecular weight excluding hydrogens is 254 g/mol. The third kappa shape index (κ3) is 2.49. The predicted octanol–water partition coefficient (Wildman–Crippen LogP) is 4.03. The van der Waals surface area contributed by atoms with Crippen molar-refractivity contribution >= 4 is 11.3 Å². The molecule has 2 aromatic heterocycles. The smallest absolute Gasteiger partial charge is 0.0807 e. The quantitative estimate of drug-likeness (QED) is 0.899. The molecule has 3 rings (SSSR count). The van der Waals surface area contributed by atoms with Gasteiger partial charge in [0.15, 0.2) is 0 Å². The Labute approximate surface area is 118 Å². The van der Waals surface area contributed by atoms with Crippen LogP contribution >= 0.6 is 11.3 Å². The molecule has 19 heavy (non-hydrogen) atoms. The highest BCUT2D eigenvalue weighted by Gasteiger charge is 2.22. The average molecular weight is 275 g/mol. The van der Waals surface area contributed by atoms with Crippen molar-refractivity contribution < 1.29 is 5.11 Å². The summed E-state index contributed by atoms with van der Waals surface area (Å²) in [5.41, 5.74) is 2.50. The van der Waals surface area contributed by atoms with Gasteiger partial charge in [-0.1, -0.05) is 0 Å². The minimum atomic E-state index is -0.249. The van der Waals surface area contributed by atoms with Crippen LogP contribution in [0.25, 0.3) is 0 Å². The molecule has 0 amide bonds. The fourth-order valence-electron chi connectivity index (χ4n) is 3.09. The molecule has 0 saturated heterocycles. The first-order valence-electron chi connectivity index (χ1n) is 7.08. The van der Waals surface area contributed by atoms with E-state index in [1.807, 2.05) is 11.3 Å². The van der Waals surface area contributed by atoms with E-state index in [0.29, 0.717) is 6.04 Å². The molecule has 0 spiro atoms. The maximum atomic E-state index is 10.0. The molecule has 2 aromatic rings. The Morgan fingerprint density at radius 3 is 3.00 bits per heavy atom. The Bertz CT molecular complexity index is 569. The van der Waals surface area contributed by atoms with Gasteiger partial charge < -0.3 is 9.67 Å². The maximum Gasteiger partial charge on any atom is 0.0807 e. The fraction of sp³-hybridized carbons (Fsp3) is 0.500. The molecule has 1 aliphatic carbocycles. The van der Waals surface area contributed by atoms with Crippen LogP contribution in [0.4, 0.5) is 0 Å². The van der Waals surface area contributed by atoms with Crippen LogP contribution < -0.4 is 0 Å².